The van der Waals surface area contributed by atoms with Crippen LogP contribution >= 0.6 is 15.9 Å². The lowest BCUT2D eigenvalue weighted by atomic mass is 9.94. The Labute approximate surface area is 213 Å². The molecule has 1 aromatic heterocycles. The number of hydrogen-bond acceptors (Lipinski definition) is 6. The number of aromatic nitrogens is 3. The summed E-state index contributed by atoms with van der Waals surface area (Å²) in [7, 11) is 0. The molecule has 1 aliphatic heterocycles. The lowest BCUT2D eigenvalue weighted by Crippen LogP contribution is -2.31. The minimum Gasteiger partial charge on any atom is -0.490 e. The Morgan fingerprint density at radius 2 is 2.00 bits per heavy atom. The quantitative estimate of drug-likeness (QED) is 0.377. The van der Waals surface area contributed by atoms with Crippen molar-refractivity contribution < 1.29 is 14.3 Å². The highest BCUT2D eigenvalue weighted by Crippen LogP contribution is 2.43. The van der Waals surface area contributed by atoms with Gasteiger partial charge in [0.05, 0.1) is 23.3 Å². The molecule has 2 N–H and O–H groups in total. The number of nitrogens with one attached hydrogen (secondary N) is 2. The van der Waals surface area contributed by atoms with Gasteiger partial charge in [-0.1, -0.05) is 19.1 Å². The fourth-order valence-corrected chi connectivity index (χ4v) is 4.70. The molecule has 1 amide bonds. The van der Waals surface area contributed by atoms with Crippen molar-refractivity contribution in [1.29, 1.82) is 0 Å². The largest absolute Gasteiger partial charge is 0.490 e. The van der Waals surface area contributed by atoms with E-state index in [1.54, 1.807) is 4.68 Å². The lowest BCUT2D eigenvalue weighted by Gasteiger charge is -2.29. The van der Waals surface area contributed by atoms with Gasteiger partial charge in [0, 0.05) is 11.4 Å². The molecule has 1 unspecified atom stereocenters. The molecule has 1 atom stereocenters. The number of hydrogen-bond donors (Lipinski definition) is 2. The zero-order valence-electron chi connectivity index (χ0n) is 20.6. The number of amides is 1. The lowest BCUT2D eigenvalue weighted by molar-refractivity contribution is -0.113. The fourth-order valence-electron chi connectivity index (χ4n) is 4.12. The summed E-state index contributed by atoms with van der Waals surface area (Å²) in [6.45, 7) is 10.9. The van der Waals surface area contributed by atoms with Crippen molar-refractivity contribution in [2.45, 2.75) is 47.1 Å². The molecule has 0 saturated heterocycles. The van der Waals surface area contributed by atoms with Gasteiger partial charge in [0.25, 0.3) is 5.91 Å². The molecule has 0 spiro atoms. The van der Waals surface area contributed by atoms with Gasteiger partial charge in [-0.15, -0.1) is 0 Å². The molecular weight excluding hydrogens is 510 g/mol. The minimum absolute atomic E-state index is 0.213. The van der Waals surface area contributed by atoms with Crippen molar-refractivity contribution in [2.24, 2.45) is 0 Å². The Bertz CT molecular complexity index is 1280. The van der Waals surface area contributed by atoms with E-state index in [2.05, 4.69) is 43.6 Å². The van der Waals surface area contributed by atoms with Gasteiger partial charge in [0.15, 0.2) is 11.5 Å². The topological polar surface area (TPSA) is 90.3 Å². The maximum Gasteiger partial charge on any atom is 0.255 e. The number of halogens is 1. The second-order valence-electron chi connectivity index (χ2n) is 8.41. The number of ether oxygens (including phenoxy) is 2. The van der Waals surface area contributed by atoms with Crippen LogP contribution in [0.4, 0.5) is 11.6 Å². The second-order valence-corrected chi connectivity index (χ2v) is 9.26. The summed E-state index contributed by atoms with van der Waals surface area (Å²) < 4.78 is 14.4. The van der Waals surface area contributed by atoms with E-state index in [-0.39, 0.29) is 5.91 Å². The first-order chi connectivity index (χ1) is 16.8. The number of nitrogens with zero attached hydrogens (tertiary/aromatic N) is 3. The number of carbonyl (C=O) groups is 1. The summed E-state index contributed by atoms with van der Waals surface area (Å²) in [5.41, 5.74) is 4.98. The first-order valence-electron chi connectivity index (χ1n) is 11.7. The zero-order chi connectivity index (χ0) is 25.1. The van der Waals surface area contributed by atoms with Crippen LogP contribution in [0.3, 0.4) is 0 Å². The predicted molar refractivity (Wildman–Crippen MR) is 140 cm³/mol. The minimum atomic E-state index is -0.519. The molecule has 1 aliphatic rings. The molecule has 8 nitrogen and oxygen atoms in total. The number of benzene rings is 2. The molecule has 35 heavy (non-hydrogen) atoms. The van der Waals surface area contributed by atoms with Gasteiger partial charge in [-0.3, -0.25) is 4.79 Å². The van der Waals surface area contributed by atoms with E-state index in [0.717, 1.165) is 33.3 Å². The van der Waals surface area contributed by atoms with Crippen LogP contribution in [0.5, 0.6) is 11.5 Å². The summed E-state index contributed by atoms with van der Waals surface area (Å²) >= 11 is 3.66. The zero-order valence-corrected chi connectivity index (χ0v) is 22.2. The normalized spacial score (nSPS) is 14.9. The molecule has 9 heteroatoms. The van der Waals surface area contributed by atoms with E-state index in [4.69, 9.17) is 9.47 Å². The SMILES string of the molecule is CCCOc1c(Br)cc(C2C(C(=O)Nc3cccc(C)c3C)=C(C)Nc3ncnn32)cc1OCC. The summed E-state index contributed by atoms with van der Waals surface area (Å²) in [4.78, 5) is 18.1. The van der Waals surface area contributed by atoms with Crippen molar-refractivity contribution in [3.05, 3.63) is 69.1 Å². The van der Waals surface area contributed by atoms with Gasteiger partial charge in [-0.05, 0) is 84.9 Å². The molecule has 0 bridgehead atoms. The maximum atomic E-state index is 13.7. The Morgan fingerprint density at radius 3 is 2.74 bits per heavy atom. The van der Waals surface area contributed by atoms with E-state index in [1.807, 2.05) is 58.0 Å². The van der Waals surface area contributed by atoms with Gasteiger partial charge in [-0.25, -0.2) is 4.68 Å². The Kier molecular flexibility index (Phi) is 7.45. The number of rotatable bonds is 8. The number of aryl methyl sites for hydroxylation is 1. The molecule has 0 radical (unpaired) electrons. The first kappa shape index (κ1) is 24.8. The van der Waals surface area contributed by atoms with Crippen LogP contribution in [-0.4, -0.2) is 33.9 Å². The van der Waals surface area contributed by atoms with Crippen LogP contribution in [-0.2, 0) is 4.79 Å². The third-order valence-electron chi connectivity index (χ3n) is 5.99. The molecule has 2 aromatic carbocycles. The maximum absolute atomic E-state index is 13.7. The van der Waals surface area contributed by atoms with Gasteiger partial charge >= 0.3 is 0 Å². The molecule has 0 aliphatic carbocycles. The summed E-state index contributed by atoms with van der Waals surface area (Å²) in [5, 5.41) is 10.8. The fraction of sp³-hybridized carbons (Fsp3) is 0.346. The van der Waals surface area contributed by atoms with Crippen LogP contribution in [0.2, 0.25) is 0 Å². The van der Waals surface area contributed by atoms with Crippen molar-refractivity contribution >= 4 is 33.5 Å². The molecular formula is C26H30BrN5O3. The summed E-state index contributed by atoms with van der Waals surface area (Å²) in [6, 6.07) is 9.22. The molecule has 3 aromatic rings. The van der Waals surface area contributed by atoms with Crippen LogP contribution < -0.4 is 20.1 Å². The standard InChI is InChI=1S/C26H30BrN5O3/c1-6-11-35-24-19(27)12-18(13-21(24)34-7-2)23-22(17(5)30-26-28-14-29-32(23)26)25(33)31-20-10-8-9-15(3)16(20)4/h8-10,12-14,23H,6-7,11H2,1-5H3,(H,31,33)(H,28,29,30). The Hall–Kier alpha value is -3.33. The highest BCUT2D eigenvalue weighted by molar-refractivity contribution is 9.10. The van der Waals surface area contributed by atoms with Gasteiger partial charge in [0.1, 0.15) is 12.4 Å². The summed E-state index contributed by atoms with van der Waals surface area (Å²) in [5.74, 6) is 1.61. The van der Waals surface area contributed by atoms with E-state index in [9.17, 15) is 4.79 Å². The van der Waals surface area contributed by atoms with E-state index >= 15 is 0 Å². The van der Waals surface area contributed by atoms with Gasteiger partial charge < -0.3 is 20.1 Å². The van der Waals surface area contributed by atoms with Crippen LogP contribution in [0.25, 0.3) is 0 Å². The average Bonchev–Trinajstić information content (AvgIpc) is 3.28. The molecule has 184 valence electrons. The van der Waals surface area contributed by atoms with Crippen molar-refractivity contribution in [1.82, 2.24) is 14.8 Å². The van der Waals surface area contributed by atoms with E-state index < -0.39 is 6.04 Å². The van der Waals surface area contributed by atoms with Gasteiger partial charge in [0.2, 0.25) is 5.95 Å². The monoisotopic (exact) mass is 539 g/mol. The van der Waals surface area contributed by atoms with Crippen LogP contribution in [0.1, 0.15) is 49.9 Å². The third-order valence-corrected chi connectivity index (χ3v) is 6.58. The van der Waals surface area contributed by atoms with Crippen LogP contribution in [0.15, 0.2) is 52.4 Å². The first-order valence-corrected chi connectivity index (χ1v) is 12.5. The predicted octanol–water partition coefficient (Wildman–Crippen LogP) is 5.77. The van der Waals surface area contributed by atoms with E-state index in [0.29, 0.717) is 41.9 Å². The average molecular weight is 540 g/mol. The molecule has 0 saturated carbocycles. The Balaban J connectivity index is 1.81. The number of allylic oxidation sites excluding steroid dienone is 1. The van der Waals surface area contributed by atoms with Crippen LogP contribution in [0, 0.1) is 13.8 Å². The van der Waals surface area contributed by atoms with Crippen molar-refractivity contribution in [3.63, 3.8) is 0 Å². The number of carbonyl (C=O) groups excluding carboxylic acids is 1. The highest BCUT2D eigenvalue weighted by atomic mass is 79.9. The van der Waals surface area contributed by atoms with Gasteiger partial charge in [-0.2, -0.15) is 10.1 Å². The van der Waals surface area contributed by atoms with E-state index in [1.165, 1.54) is 6.33 Å². The number of fused-ring (bicyclic) bond motifs is 1. The second kappa shape index (κ2) is 10.5. The molecule has 0 fully saturated rings. The molecule has 2 heterocycles. The number of anilines is 2. The smallest absolute Gasteiger partial charge is 0.255 e. The highest BCUT2D eigenvalue weighted by Gasteiger charge is 2.34. The molecule has 4 rings (SSSR count). The van der Waals surface area contributed by atoms with Crippen molar-refractivity contribution in [3.8, 4) is 11.5 Å². The Morgan fingerprint density at radius 1 is 1.20 bits per heavy atom. The summed E-state index contributed by atoms with van der Waals surface area (Å²) in [6.07, 6.45) is 2.35. The third kappa shape index (κ3) is 4.91. The van der Waals surface area contributed by atoms with Crippen molar-refractivity contribution in [2.75, 3.05) is 23.8 Å².